The molecule has 0 amide bonds. The maximum atomic E-state index is 5.25. The molecule has 1 N–H and O–H groups in total. The van der Waals surface area contributed by atoms with E-state index >= 15 is 0 Å². The van der Waals surface area contributed by atoms with Crippen LogP contribution in [0.4, 0.5) is 0 Å². The molecule has 0 aromatic carbocycles. The second-order valence-electron chi connectivity index (χ2n) is 3.86. The van der Waals surface area contributed by atoms with Crippen LogP contribution in [0.15, 0.2) is 35.0 Å². The van der Waals surface area contributed by atoms with Gasteiger partial charge in [0.15, 0.2) is 0 Å². The highest BCUT2D eigenvalue weighted by Gasteiger charge is 2.08. The molecule has 0 fully saturated rings. The molecule has 1 aliphatic carbocycles. The van der Waals surface area contributed by atoms with Crippen molar-refractivity contribution in [2.24, 2.45) is 5.92 Å². The first-order chi connectivity index (χ1) is 6.95. The fourth-order valence-electron chi connectivity index (χ4n) is 1.85. The highest BCUT2D eigenvalue weighted by Crippen LogP contribution is 2.16. The lowest BCUT2D eigenvalue weighted by atomic mass is 9.94. The smallest absolute Gasteiger partial charge is 0.117 e. The number of hydrogen-bond acceptors (Lipinski definition) is 2. The summed E-state index contributed by atoms with van der Waals surface area (Å²) >= 11 is 0. The molecule has 1 aromatic rings. The summed E-state index contributed by atoms with van der Waals surface area (Å²) in [5.41, 5.74) is 0. The van der Waals surface area contributed by atoms with E-state index in [9.17, 15) is 0 Å². The fourth-order valence-corrected chi connectivity index (χ4v) is 1.85. The summed E-state index contributed by atoms with van der Waals surface area (Å²) in [6.45, 7) is 1.96. The highest BCUT2D eigenvalue weighted by molar-refractivity contribution is 4.97. The van der Waals surface area contributed by atoms with E-state index < -0.39 is 0 Å². The summed E-state index contributed by atoms with van der Waals surface area (Å²) in [6.07, 6.45) is 10.1. The Morgan fingerprint density at radius 3 is 3.14 bits per heavy atom. The van der Waals surface area contributed by atoms with Gasteiger partial charge in [0.05, 0.1) is 12.8 Å². The van der Waals surface area contributed by atoms with E-state index in [1.807, 2.05) is 12.1 Å². The summed E-state index contributed by atoms with van der Waals surface area (Å²) in [5, 5.41) is 3.43. The van der Waals surface area contributed by atoms with Crippen molar-refractivity contribution < 1.29 is 4.42 Å². The van der Waals surface area contributed by atoms with Gasteiger partial charge in [0, 0.05) is 0 Å². The molecule has 0 bridgehead atoms. The van der Waals surface area contributed by atoms with Crippen LogP contribution in [0.5, 0.6) is 0 Å². The second-order valence-corrected chi connectivity index (χ2v) is 3.86. The molecule has 1 aromatic heterocycles. The Morgan fingerprint density at radius 2 is 2.43 bits per heavy atom. The van der Waals surface area contributed by atoms with Crippen molar-refractivity contribution in [2.45, 2.75) is 25.8 Å². The monoisotopic (exact) mass is 191 g/mol. The maximum Gasteiger partial charge on any atom is 0.117 e. The van der Waals surface area contributed by atoms with Crippen molar-refractivity contribution in [3.05, 3.63) is 36.3 Å². The van der Waals surface area contributed by atoms with E-state index in [0.717, 1.165) is 24.8 Å². The first-order valence-corrected chi connectivity index (χ1v) is 5.33. The summed E-state index contributed by atoms with van der Waals surface area (Å²) in [6, 6.07) is 3.94. The molecule has 2 nitrogen and oxygen atoms in total. The van der Waals surface area contributed by atoms with E-state index in [4.69, 9.17) is 4.42 Å². The highest BCUT2D eigenvalue weighted by atomic mass is 16.3. The second kappa shape index (κ2) is 5.01. The lowest BCUT2D eigenvalue weighted by Gasteiger charge is -2.17. The van der Waals surface area contributed by atoms with Crippen molar-refractivity contribution in [3.8, 4) is 0 Å². The van der Waals surface area contributed by atoms with Gasteiger partial charge in [0.25, 0.3) is 0 Å². The number of furan rings is 1. The number of rotatable bonds is 4. The predicted molar refractivity (Wildman–Crippen MR) is 56.9 cm³/mol. The first kappa shape index (κ1) is 9.53. The van der Waals surface area contributed by atoms with Crippen molar-refractivity contribution in [1.82, 2.24) is 5.32 Å². The van der Waals surface area contributed by atoms with Crippen LogP contribution < -0.4 is 5.32 Å². The number of hydrogen-bond donors (Lipinski definition) is 1. The molecular formula is C12H17NO. The molecule has 1 atom stereocenters. The van der Waals surface area contributed by atoms with Gasteiger partial charge in [0.2, 0.25) is 0 Å². The topological polar surface area (TPSA) is 25.2 Å². The largest absolute Gasteiger partial charge is 0.468 e. The fraction of sp³-hybridized carbons (Fsp3) is 0.500. The third-order valence-corrected chi connectivity index (χ3v) is 2.69. The van der Waals surface area contributed by atoms with Crippen LogP contribution in [0.25, 0.3) is 0 Å². The molecule has 1 aliphatic rings. The van der Waals surface area contributed by atoms with E-state index in [-0.39, 0.29) is 0 Å². The zero-order valence-corrected chi connectivity index (χ0v) is 8.41. The van der Waals surface area contributed by atoms with Gasteiger partial charge in [-0.2, -0.15) is 0 Å². The van der Waals surface area contributed by atoms with E-state index in [1.54, 1.807) is 6.26 Å². The first-order valence-electron chi connectivity index (χ1n) is 5.33. The van der Waals surface area contributed by atoms with Gasteiger partial charge < -0.3 is 9.73 Å². The lowest BCUT2D eigenvalue weighted by molar-refractivity contribution is 0.417. The quantitative estimate of drug-likeness (QED) is 0.740. The average molecular weight is 191 g/mol. The SMILES string of the molecule is C1=CC[C@H](CNCc2ccco2)CC1. The van der Waals surface area contributed by atoms with Crippen LogP contribution in [-0.2, 0) is 6.54 Å². The Kier molecular flexibility index (Phi) is 3.41. The predicted octanol–water partition coefficient (Wildman–Crippen LogP) is 2.73. The molecule has 0 aliphatic heterocycles. The Labute approximate surface area is 85.0 Å². The Balaban J connectivity index is 1.65. The van der Waals surface area contributed by atoms with Crippen LogP contribution in [0, 0.1) is 5.92 Å². The minimum Gasteiger partial charge on any atom is -0.468 e. The van der Waals surface area contributed by atoms with Gasteiger partial charge in [-0.1, -0.05) is 12.2 Å². The summed E-state index contributed by atoms with van der Waals surface area (Å²) < 4.78 is 5.25. The normalized spacial score (nSPS) is 21.3. The minimum atomic E-state index is 0.815. The van der Waals surface area contributed by atoms with Crippen molar-refractivity contribution >= 4 is 0 Å². The molecule has 0 radical (unpaired) electrons. The summed E-state index contributed by atoms with van der Waals surface area (Å²) in [5.74, 6) is 1.84. The zero-order valence-electron chi connectivity index (χ0n) is 8.41. The maximum absolute atomic E-state index is 5.25. The van der Waals surface area contributed by atoms with Gasteiger partial charge in [-0.05, 0) is 43.9 Å². The van der Waals surface area contributed by atoms with Gasteiger partial charge in [-0.3, -0.25) is 0 Å². The Bertz CT molecular complexity index is 277. The molecule has 76 valence electrons. The number of nitrogens with one attached hydrogen (secondary N) is 1. The van der Waals surface area contributed by atoms with Gasteiger partial charge in [-0.15, -0.1) is 0 Å². The van der Waals surface area contributed by atoms with E-state index in [0.29, 0.717) is 0 Å². The van der Waals surface area contributed by atoms with Crippen LogP contribution in [-0.4, -0.2) is 6.54 Å². The molecule has 0 saturated heterocycles. The van der Waals surface area contributed by atoms with Crippen molar-refractivity contribution in [2.75, 3.05) is 6.54 Å². The minimum absolute atomic E-state index is 0.815. The molecule has 0 spiro atoms. The van der Waals surface area contributed by atoms with Gasteiger partial charge in [0.1, 0.15) is 5.76 Å². The van der Waals surface area contributed by atoms with Gasteiger partial charge >= 0.3 is 0 Å². The Morgan fingerprint density at radius 1 is 1.43 bits per heavy atom. The molecule has 1 heterocycles. The molecule has 2 heteroatoms. The van der Waals surface area contributed by atoms with Crippen LogP contribution in [0.3, 0.4) is 0 Å². The van der Waals surface area contributed by atoms with Crippen LogP contribution in [0.1, 0.15) is 25.0 Å². The summed E-state index contributed by atoms with van der Waals surface area (Å²) in [7, 11) is 0. The third kappa shape index (κ3) is 2.74. The molecular weight excluding hydrogens is 174 g/mol. The molecule has 0 unspecified atom stereocenters. The van der Waals surface area contributed by atoms with E-state index in [1.165, 1.54) is 19.3 Å². The standard InChI is InChI=1S/C12H17NO/c1-2-5-11(6-3-1)9-13-10-12-7-4-8-14-12/h1-2,4,7-8,11,13H,3,5-6,9-10H2/t11-/m0/s1. The molecule has 0 saturated carbocycles. The summed E-state index contributed by atoms with van der Waals surface area (Å²) in [4.78, 5) is 0. The average Bonchev–Trinajstić information content (AvgIpc) is 2.72. The van der Waals surface area contributed by atoms with Crippen LogP contribution in [0.2, 0.25) is 0 Å². The van der Waals surface area contributed by atoms with Crippen molar-refractivity contribution in [1.29, 1.82) is 0 Å². The van der Waals surface area contributed by atoms with Gasteiger partial charge in [-0.25, -0.2) is 0 Å². The van der Waals surface area contributed by atoms with Crippen LogP contribution >= 0.6 is 0 Å². The van der Waals surface area contributed by atoms with Crippen molar-refractivity contribution in [3.63, 3.8) is 0 Å². The van der Waals surface area contributed by atoms with E-state index in [2.05, 4.69) is 17.5 Å². The number of allylic oxidation sites excluding steroid dienone is 2. The zero-order chi connectivity index (χ0) is 9.64. The molecule has 2 rings (SSSR count). The Hall–Kier alpha value is -1.02. The third-order valence-electron chi connectivity index (χ3n) is 2.69. The molecule has 14 heavy (non-hydrogen) atoms. The lowest BCUT2D eigenvalue weighted by Crippen LogP contribution is -2.22.